The lowest BCUT2D eigenvalue weighted by molar-refractivity contribution is -0.117. The van der Waals surface area contributed by atoms with Crippen LogP contribution in [-0.4, -0.2) is 24.0 Å². The molecular weight excluding hydrogens is 332 g/mol. The number of ether oxygens (including phenoxy) is 1. The number of carbonyl (C=O) groups excluding carboxylic acids is 2. The van der Waals surface area contributed by atoms with E-state index < -0.39 is 11.8 Å². The number of phenolic OH excluding ortho intramolecular Hbond substituents is 1. The Balaban J connectivity index is 1.98. The molecular formula is C17H13ClN2O4. The van der Waals surface area contributed by atoms with Gasteiger partial charge < -0.3 is 9.84 Å². The monoisotopic (exact) mass is 344 g/mol. The third kappa shape index (κ3) is 2.79. The Hall–Kier alpha value is -2.99. The third-order valence-electron chi connectivity index (χ3n) is 3.49. The van der Waals surface area contributed by atoms with Gasteiger partial charge in [-0.3, -0.25) is 15.0 Å². The average molecular weight is 345 g/mol. The van der Waals surface area contributed by atoms with Crippen LogP contribution in [0.5, 0.6) is 11.5 Å². The maximum atomic E-state index is 12.5. The lowest BCUT2D eigenvalue weighted by Crippen LogP contribution is -2.35. The van der Waals surface area contributed by atoms with Crippen molar-refractivity contribution in [3.8, 4) is 11.5 Å². The summed E-state index contributed by atoms with van der Waals surface area (Å²) in [6.45, 7) is 0. The Bertz CT molecular complexity index is 849. The molecule has 6 nitrogen and oxygen atoms in total. The Morgan fingerprint density at radius 1 is 1.21 bits per heavy atom. The maximum absolute atomic E-state index is 12.5. The molecule has 122 valence electrons. The van der Waals surface area contributed by atoms with Crippen molar-refractivity contribution in [1.29, 1.82) is 0 Å². The molecule has 0 aliphatic carbocycles. The fraction of sp³-hybridized carbons (Fsp3) is 0.0588. The van der Waals surface area contributed by atoms with Gasteiger partial charge in [-0.2, -0.15) is 0 Å². The summed E-state index contributed by atoms with van der Waals surface area (Å²) in [5, 5.41) is 11.0. The summed E-state index contributed by atoms with van der Waals surface area (Å²) in [7, 11) is 1.38. The summed E-state index contributed by atoms with van der Waals surface area (Å²) in [5.74, 6) is -1.05. The van der Waals surface area contributed by atoms with Crippen molar-refractivity contribution < 1.29 is 19.4 Å². The number of aromatic hydroxyl groups is 1. The van der Waals surface area contributed by atoms with Gasteiger partial charge in [-0.05, 0) is 35.9 Å². The number of benzene rings is 2. The predicted octanol–water partition coefficient (Wildman–Crippen LogP) is 2.52. The lowest BCUT2D eigenvalue weighted by Gasteiger charge is -2.13. The van der Waals surface area contributed by atoms with Gasteiger partial charge >= 0.3 is 0 Å². The molecule has 3 rings (SSSR count). The number of rotatable bonds is 3. The van der Waals surface area contributed by atoms with Gasteiger partial charge in [-0.15, -0.1) is 0 Å². The van der Waals surface area contributed by atoms with E-state index in [1.54, 1.807) is 24.3 Å². The Morgan fingerprint density at radius 2 is 1.92 bits per heavy atom. The fourth-order valence-electron chi connectivity index (χ4n) is 2.32. The number of anilines is 1. The number of nitrogens with zero attached hydrogens (tertiary/aromatic N) is 1. The fourth-order valence-corrected chi connectivity index (χ4v) is 2.53. The highest BCUT2D eigenvalue weighted by molar-refractivity contribution is 6.33. The number of para-hydroxylation sites is 1. The van der Waals surface area contributed by atoms with E-state index in [1.807, 2.05) is 6.07 Å². The minimum absolute atomic E-state index is 0.0392. The van der Waals surface area contributed by atoms with Gasteiger partial charge in [0.1, 0.15) is 5.57 Å². The number of carbonyl (C=O) groups is 2. The number of hydrazine groups is 1. The highest BCUT2D eigenvalue weighted by atomic mass is 35.5. The van der Waals surface area contributed by atoms with Crippen molar-refractivity contribution in [1.82, 2.24) is 5.43 Å². The zero-order chi connectivity index (χ0) is 17.3. The molecule has 0 atom stereocenters. The van der Waals surface area contributed by atoms with Crippen molar-refractivity contribution in [2.24, 2.45) is 0 Å². The second-order valence-corrected chi connectivity index (χ2v) is 5.44. The number of methoxy groups -OCH3 is 1. The molecule has 1 aliphatic heterocycles. The van der Waals surface area contributed by atoms with Crippen LogP contribution in [0.4, 0.5) is 5.69 Å². The first-order valence-electron chi connectivity index (χ1n) is 7.00. The van der Waals surface area contributed by atoms with Crippen LogP contribution in [0.1, 0.15) is 5.56 Å². The van der Waals surface area contributed by atoms with E-state index in [1.165, 1.54) is 30.3 Å². The first-order chi connectivity index (χ1) is 11.5. The van der Waals surface area contributed by atoms with Gasteiger partial charge in [-0.1, -0.05) is 29.8 Å². The Labute approximate surface area is 142 Å². The molecule has 0 radical (unpaired) electrons. The van der Waals surface area contributed by atoms with Crippen molar-refractivity contribution in [2.45, 2.75) is 0 Å². The molecule has 0 aromatic heterocycles. The van der Waals surface area contributed by atoms with Gasteiger partial charge in [0, 0.05) is 0 Å². The molecule has 24 heavy (non-hydrogen) atoms. The van der Waals surface area contributed by atoms with Crippen LogP contribution >= 0.6 is 11.6 Å². The van der Waals surface area contributed by atoms with Crippen LogP contribution in [0.25, 0.3) is 6.08 Å². The Kier molecular flexibility index (Phi) is 4.14. The van der Waals surface area contributed by atoms with Crippen LogP contribution in [0.15, 0.2) is 48.0 Å². The van der Waals surface area contributed by atoms with Crippen molar-refractivity contribution in [3.05, 3.63) is 58.6 Å². The van der Waals surface area contributed by atoms with E-state index in [0.29, 0.717) is 11.3 Å². The van der Waals surface area contributed by atoms with Crippen LogP contribution in [0.3, 0.4) is 0 Å². The average Bonchev–Trinajstić information content (AvgIpc) is 2.87. The number of halogens is 1. The molecule has 1 fully saturated rings. The first-order valence-corrected chi connectivity index (χ1v) is 7.37. The van der Waals surface area contributed by atoms with Gasteiger partial charge in [0.05, 0.1) is 17.8 Å². The second kappa shape index (κ2) is 6.25. The summed E-state index contributed by atoms with van der Waals surface area (Å²) in [6, 6.07) is 11.7. The molecule has 2 amide bonds. The van der Waals surface area contributed by atoms with E-state index >= 15 is 0 Å². The SMILES string of the molecule is COc1cc(/C=C2/C(=O)NN(c3ccccc3)C2=O)cc(Cl)c1O. The quantitative estimate of drug-likeness (QED) is 0.662. The van der Waals surface area contributed by atoms with Crippen LogP contribution < -0.4 is 15.2 Å². The number of phenols is 1. The zero-order valence-electron chi connectivity index (χ0n) is 12.6. The van der Waals surface area contributed by atoms with Crippen LogP contribution in [0.2, 0.25) is 5.02 Å². The molecule has 0 saturated carbocycles. The van der Waals surface area contributed by atoms with Crippen molar-refractivity contribution >= 4 is 35.2 Å². The molecule has 0 unspecified atom stereocenters. The molecule has 0 spiro atoms. The summed E-state index contributed by atoms with van der Waals surface area (Å²) in [6.07, 6.45) is 1.40. The maximum Gasteiger partial charge on any atom is 0.282 e. The molecule has 2 aromatic rings. The molecule has 2 N–H and O–H groups in total. The lowest BCUT2D eigenvalue weighted by atomic mass is 10.1. The van der Waals surface area contributed by atoms with Crippen molar-refractivity contribution in [3.63, 3.8) is 0 Å². The molecule has 2 aromatic carbocycles. The second-order valence-electron chi connectivity index (χ2n) is 5.03. The summed E-state index contributed by atoms with van der Waals surface area (Å²) >= 11 is 5.93. The van der Waals surface area contributed by atoms with Gasteiger partial charge in [-0.25, -0.2) is 5.01 Å². The highest BCUT2D eigenvalue weighted by Gasteiger charge is 2.34. The highest BCUT2D eigenvalue weighted by Crippen LogP contribution is 2.35. The number of nitrogens with one attached hydrogen (secondary N) is 1. The van der Waals surface area contributed by atoms with Crippen LogP contribution in [-0.2, 0) is 9.59 Å². The normalized spacial score (nSPS) is 15.8. The van der Waals surface area contributed by atoms with Gasteiger partial charge in [0.2, 0.25) is 0 Å². The van der Waals surface area contributed by atoms with E-state index in [9.17, 15) is 14.7 Å². The minimum atomic E-state index is -0.521. The standard InChI is InChI=1S/C17H13ClN2O4/c1-24-14-9-10(8-13(18)15(14)21)7-12-16(22)19-20(17(12)23)11-5-3-2-4-6-11/h2-9,21H,1H3,(H,19,22)/b12-7-. The van der Waals surface area contributed by atoms with Crippen molar-refractivity contribution in [2.75, 3.05) is 12.1 Å². The topological polar surface area (TPSA) is 78.9 Å². The molecule has 1 saturated heterocycles. The van der Waals surface area contributed by atoms with E-state index in [2.05, 4.69) is 5.43 Å². The summed E-state index contributed by atoms with van der Waals surface area (Å²) < 4.78 is 5.02. The van der Waals surface area contributed by atoms with E-state index in [4.69, 9.17) is 16.3 Å². The van der Waals surface area contributed by atoms with Crippen LogP contribution in [0, 0.1) is 0 Å². The third-order valence-corrected chi connectivity index (χ3v) is 3.78. The first kappa shape index (κ1) is 15.9. The molecule has 0 bridgehead atoms. The summed E-state index contributed by atoms with van der Waals surface area (Å²) in [4.78, 5) is 24.6. The van der Waals surface area contributed by atoms with E-state index in [-0.39, 0.29) is 22.1 Å². The smallest absolute Gasteiger partial charge is 0.282 e. The number of hydrogen-bond acceptors (Lipinski definition) is 4. The minimum Gasteiger partial charge on any atom is -0.503 e. The zero-order valence-corrected chi connectivity index (χ0v) is 13.4. The Morgan fingerprint density at radius 3 is 2.58 bits per heavy atom. The molecule has 1 aliphatic rings. The van der Waals surface area contributed by atoms with Gasteiger partial charge in [0.15, 0.2) is 11.5 Å². The molecule has 7 heteroatoms. The number of hydrogen-bond donors (Lipinski definition) is 2. The molecule has 1 heterocycles. The predicted molar refractivity (Wildman–Crippen MR) is 89.7 cm³/mol. The van der Waals surface area contributed by atoms with E-state index in [0.717, 1.165) is 0 Å². The largest absolute Gasteiger partial charge is 0.503 e. The number of amides is 2. The summed E-state index contributed by atoms with van der Waals surface area (Å²) in [5.41, 5.74) is 3.49. The van der Waals surface area contributed by atoms with Gasteiger partial charge in [0.25, 0.3) is 11.8 Å².